The van der Waals surface area contributed by atoms with E-state index in [1.165, 1.54) is 0 Å². The fraction of sp³-hybridized carbons (Fsp3) is 0.833. The fourth-order valence-corrected chi connectivity index (χ4v) is 0.618. The largest absolute Gasteiger partial charge is 0.309 e. The van der Waals surface area contributed by atoms with Gasteiger partial charge in [0.05, 0.1) is 4.75 Å². The first-order valence-corrected chi connectivity index (χ1v) is 3.97. The molecule has 0 aliphatic rings. The summed E-state index contributed by atoms with van der Waals surface area (Å²) in [4.78, 5) is 0. The van der Waals surface area contributed by atoms with Crippen LogP contribution < -0.4 is 16.7 Å². The summed E-state index contributed by atoms with van der Waals surface area (Å²) < 4.78 is -0.336. The fourth-order valence-electron chi connectivity index (χ4n) is 0.504. The summed E-state index contributed by atoms with van der Waals surface area (Å²) in [6.07, 6.45) is 0. The van der Waals surface area contributed by atoms with Gasteiger partial charge in [-0.15, -0.1) is 0 Å². The van der Waals surface area contributed by atoms with E-state index in [0.29, 0.717) is 5.84 Å². The van der Waals surface area contributed by atoms with E-state index in [1.807, 2.05) is 20.8 Å². The van der Waals surface area contributed by atoms with Gasteiger partial charge in [0.25, 0.3) is 0 Å². The van der Waals surface area contributed by atoms with Crippen molar-refractivity contribution in [3.8, 4) is 0 Å². The van der Waals surface area contributed by atoms with Crippen molar-refractivity contribution in [2.45, 2.75) is 25.5 Å². The molecular formula is C6H16N4S. The van der Waals surface area contributed by atoms with Crippen LogP contribution in [0, 0.1) is 0 Å². The molecule has 11 heavy (non-hydrogen) atoms. The Labute approximate surface area is 73.0 Å². The normalized spacial score (nSPS) is 13.0. The van der Waals surface area contributed by atoms with E-state index in [1.54, 1.807) is 0 Å². The van der Waals surface area contributed by atoms with E-state index in [4.69, 9.17) is 5.84 Å². The Bertz CT molecular complexity index is 138. The summed E-state index contributed by atoms with van der Waals surface area (Å²) in [7, 11) is 0. The van der Waals surface area contributed by atoms with E-state index in [2.05, 4.69) is 28.6 Å². The molecule has 5 heteroatoms. The molecule has 0 aromatic rings. The van der Waals surface area contributed by atoms with Crippen LogP contribution in [0.4, 0.5) is 0 Å². The van der Waals surface area contributed by atoms with Crippen LogP contribution in [0.1, 0.15) is 20.8 Å². The minimum absolute atomic E-state index is 0.336. The van der Waals surface area contributed by atoms with Gasteiger partial charge in [-0.05, 0) is 20.8 Å². The molecule has 0 saturated carbocycles. The van der Waals surface area contributed by atoms with Crippen LogP contribution in [-0.2, 0) is 0 Å². The van der Waals surface area contributed by atoms with Gasteiger partial charge in [0.2, 0.25) is 0 Å². The summed E-state index contributed by atoms with van der Waals surface area (Å²) in [5.74, 6) is 5.86. The molecule has 4 N–H and O–H groups in total. The molecule has 0 heterocycles. The van der Waals surface area contributed by atoms with Crippen molar-refractivity contribution in [1.82, 2.24) is 10.9 Å². The molecule has 0 aromatic heterocycles. The van der Waals surface area contributed by atoms with Crippen LogP contribution in [0.15, 0.2) is 5.10 Å². The van der Waals surface area contributed by atoms with Crippen LogP contribution in [0.5, 0.6) is 0 Å². The molecule has 0 unspecified atom stereocenters. The van der Waals surface area contributed by atoms with Crippen LogP contribution >= 0.6 is 12.6 Å². The van der Waals surface area contributed by atoms with Crippen molar-refractivity contribution >= 4 is 18.5 Å². The van der Waals surface area contributed by atoms with Crippen molar-refractivity contribution in [2.75, 3.05) is 6.54 Å². The monoisotopic (exact) mass is 176 g/mol. The average molecular weight is 176 g/mol. The second-order valence-corrected chi connectivity index (χ2v) is 3.79. The Morgan fingerprint density at radius 2 is 2.18 bits per heavy atom. The van der Waals surface area contributed by atoms with Gasteiger partial charge in [0.1, 0.15) is 0 Å². The van der Waals surface area contributed by atoms with Gasteiger partial charge in [-0.2, -0.15) is 17.7 Å². The predicted molar refractivity (Wildman–Crippen MR) is 51.5 cm³/mol. The van der Waals surface area contributed by atoms with Crippen LogP contribution in [0.25, 0.3) is 0 Å². The number of amidine groups is 1. The van der Waals surface area contributed by atoms with Gasteiger partial charge in [0.15, 0.2) is 5.84 Å². The number of nitrogens with zero attached hydrogens (tertiary/aromatic N) is 1. The number of hydrogen-bond acceptors (Lipinski definition) is 4. The number of nitrogens with two attached hydrogens (primary N) is 1. The molecule has 0 radical (unpaired) electrons. The highest BCUT2D eigenvalue weighted by Crippen LogP contribution is 2.11. The van der Waals surface area contributed by atoms with Crippen molar-refractivity contribution in [2.24, 2.45) is 10.9 Å². The maximum Gasteiger partial charge on any atom is 0.151 e. The molecular weight excluding hydrogens is 160 g/mol. The molecule has 0 rings (SSSR count). The summed E-state index contributed by atoms with van der Waals surface area (Å²) >= 11 is 4.29. The lowest BCUT2D eigenvalue weighted by Gasteiger charge is -2.19. The highest BCUT2D eigenvalue weighted by atomic mass is 32.1. The number of rotatable bonds is 3. The predicted octanol–water partition coefficient (Wildman–Crippen LogP) is 0.0811. The Kier molecular flexibility index (Phi) is 4.29. The third-order valence-electron chi connectivity index (χ3n) is 1.07. The first kappa shape index (κ1) is 10.6. The quantitative estimate of drug-likeness (QED) is 0.162. The third-order valence-corrected chi connectivity index (χ3v) is 1.28. The minimum Gasteiger partial charge on any atom is -0.309 e. The molecule has 0 saturated heterocycles. The molecule has 0 amide bonds. The number of hydrazine groups is 1. The van der Waals surface area contributed by atoms with E-state index in [-0.39, 0.29) is 4.75 Å². The summed E-state index contributed by atoms with van der Waals surface area (Å²) in [6.45, 7) is 6.55. The second kappa shape index (κ2) is 4.46. The molecule has 0 spiro atoms. The van der Waals surface area contributed by atoms with Gasteiger partial charge < -0.3 is 10.9 Å². The van der Waals surface area contributed by atoms with Gasteiger partial charge in [-0.1, -0.05) is 0 Å². The maximum atomic E-state index is 5.23. The maximum absolute atomic E-state index is 5.23. The molecule has 0 aliphatic heterocycles. The number of thiol groups is 1. The summed E-state index contributed by atoms with van der Waals surface area (Å²) in [5.41, 5.74) is 5.29. The van der Waals surface area contributed by atoms with E-state index >= 15 is 0 Å². The van der Waals surface area contributed by atoms with E-state index in [9.17, 15) is 0 Å². The summed E-state index contributed by atoms with van der Waals surface area (Å²) in [6, 6.07) is 0. The zero-order valence-electron chi connectivity index (χ0n) is 7.18. The number of hydrogen-bond donors (Lipinski definition) is 4. The van der Waals surface area contributed by atoms with Gasteiger partial charge >= 0.3 is 0 Å². The van der Waals surface area contributed by atoms with Gasteiger partial charge in [0, 0.05) is 6.54 Å². The molecule has 0 aromatic carbocycles. The molecule has 4 nitrogen and oxygen atoms in total. The van der Waals surface area contributed by atoms with Crippen molar-refractivity contribution < 1.29 is 0 Å². The Morgan fingerprint density at radius 1 is 1.64 bits per heavy atom. The Morgan fingerprint density at radius 3 is 2.45 bits per heavy atom. The van der Waals surface area contributed by atoms with Gasteiger partial charge in [-0.25, -0.2) is 5.84 Å². The molecule has 0 bridgehead atoms. The number of nitrogens with one attached hydrogen (secondary N) is 2. The second-order valence-electron chi connectivity index (χ2n) is 2.68. The lowest BCUT2D eigenvalue weighted by Crippen LogP contribution is -2.43. The van der Waals surface area contributed by atoms with Crippen molar-refractivity contribution in [3.05, 3.63) is 0 Å². The van der Waals surface area contributed by atoms with Crippen molar-refractivity contribution in [1.29, 1.82) is 0 Å². The van der Waals surface area contributed by atoms with Crippen LogP contribution in [-0.4, -0.2) is 17.1 Å². The lowest BCUT2D eigenvalue weighted by molar-refractivity contribution is 0.745. The summed E-state index contributed by atoms with van der Waals surface area (Å²) in [5, 5.41) is 3.99. The van der Waals surface area contributed by atoms with E-state index in [0.717, 1.165) is 6.54 Å². The zero-order valence-corrected chi connectivity index (χ0v) is 8.07. The smallest absolute Gasteiger partial charge is 0.151 e. The standard InChI is InChI=1S/C6H16N4S/c1-4-8-10-5(9-7)6(2,3)11/h8,11H,4,7H2,1-3H3,(H,9,10). The first-order chi connectivity index (χ1) is 5.02. The Hall–Kier alpha value is -0.420. The van der Waals surface area contributed by atoms with Crippen molar-refractivity contribution in [3.63, 3.8) is 0 Å². The highest BCUT2D eigenvalue weighted by Gasteiger charge is 2.18. The molecule has 0 aliphatic carbocycles. The third kappa shape index (κ3) is 4.10. The minimum atomic E-state index is -0.336. The highest BCUT2D eigenvalue weighted by molar-refractivity contribution is 7.82. The SMILES string of the molecule is CCN/N=C(\NN)C(C)(C)S. The first-order valence-electron chi connectivity index (χ1n) is 3.52. The van der Waals surface area contributed by atoms with Crippen LogP contribution in [0.2, 0.25) is 0 Å². The van der Waals surface area contributed by atoms with Crippen LogP contribution in [0.3, 0.4) is 0 Å². The Balaban J connectivity index is 4.16. The molecule has 0 atom stereocenters. The van der Waals surface area contributed by atoms with Gasteiger partial charge in [-0.3, -0.25) is 0 Å². The lowest BCUT2D eigenvalue weighted by atomic mass is 10.2. The molecule has 0 fully saturated rings. The number of hydrazone groups is 1. The van der Waals surface area contributed by atoms with E-state index < -0.39 is 0 Å². The molecule has 66 valence electrons. The zero-order chi connectivity index (χ0) is 8.91. The topological polar surface area (TPSA) is 62.4 Å². The average Bonchev–Trinajstić information content (AvgIpc) is 1.87.